The second-order valence-corrected chi connectivity index (χ2v) is 8.36. The van der Waals surface area contributed by atoms with Crippen molar-refractivity contribution >= 4 is 11.9 Å². The molecule has 0 bridgehead atoms. The van der Waals surface area contributed by atoms with E-state index in [1.54, 1.807) is 24.8 Å². The van der Waals surface area contributed by atoms with E-state index in [2.05, 4.69) is 0 Å². The third-order valence-electron chi connectivity index (χ3n) is 5.84. The van der Waals surface area contributed by atoms with Crippen molar-refractivity contribution in [2.45, 2.75) is 32.0 Å². The first-order valence-corrected chi connectivity index (χ1v) is 10.5. The maximum Gasteiger partial charge on any atom is 0.331 e. The smallest absolute Gasteiger partial charge is 0.331 e. The van der Waals surface area contributed by atoms with Crippen molar-refractivity contribution in [3.05, 3.63) is 83.9 Å². The van der Waals surface area contributed by atoms with Gasteiger partial charge in [0.2, 0.25) is 6.79 Å². The lowest BCUT2D eigenvalue weighted by atomic mass is 9.97. The number of esters is 1. The Hall–Kier alpha value is -3.80. The number of rotatable bonds is 4. The fourth-order valence-corrected chi connectivity index (χ4v) is 4.36. The molecule has 162 valence electrons. The van der Waals surface area contributed by atoms with Crippen LogP contribution in [-0.2, 0) is 16.0 Å². The first kappa shape index (κ1) is 20.1. The summed E-state index contributed by atoms with van der Waals surface area (Å²) in [4.78, 5) is 28.3. The lowest BCUT2D eigenvalue weighted by Gasteiger charge is -2.32. The van der Waals surface area contributed by atoms with E-state index in [1.807, 2.05) is 66.7 Å². The van der Waals surface area contributed by atoms with Crippen molar-refractivity contribution in [2.75, 3.05) is 6.79 Å². The fourth-order valence-electron chi connectivity index (χ4n) is 4.36. The molecule has 1 saturated heterocycles. The molecule has 32 heavy (non-hydrogen) atoms. The molecule has 0 radical (unpaired) electrons. The Balaban J connectivity index is 1.51. The van der Waals surface area contributed by atoms with Crippen LogP contribution in [-0.4, -0.2) is 35.3 Å². The Bertz CT molecular complexity index is 1190. The van der Waals surface area contributed by atoms with Crippen LogP contribution in [0.25, 0.3) is 11.1 Å². The molecular formula is C26H23NO5. The number of hydrogen-bond acceptors (Lipinski definition) is 5. The number of carbonyl (C=O) groups excluding carboxylic acids is 2. The summed E-state index contributed by atoms with van der Waals surface area (Å²) in [6.07, 6.45) is 0.318. The van der Waals surface area contributed by atoms with Crippen LogP contribution in [0.3, 0.4) is 0 Å². The highest BCUT2D eigenvalue weighted by Gasteiger charge is 2.50. The van der Waals surface area contributed by atoms with Gasteiger partial charge < -0.3 is 14.2 Å². The number of fused-ring (bicyclic) bond motifs is 1. The highest BCUT2D eigenvalue weighted by Crippen LogP contribution is 2.37. The molecule has 3 aromatic carbocycles. The molecule has 0 aromatic heterocycles. The summed E-state index contributed by atoms with van der Waals surface area (Å²) in [7, 11) is 0. The molecule has 3 aromatic rings. The minimum atomic E-state index is -1.07. The zero-order valence-corrected chi connectivity index (χ0v) is 17.9. The Morgan fingerprint density at radius 3 is 2.50 bits per heavy atom. The average Bonchev–Trinajstić information content (AvgIpc) is 3.34. The van der Waals surface area contributed by atoms with Gasteiger partial charge in [-0.1, -0.05) is 54.6 Å². The number of cyclic esters (lactones) is 1. The third-order valence-corrected chi connectivity index (χ3v) is 5.84. The number of ether oxygens (including phenoxy) is 3. The summed E-state index contributed by atoms with van der Waals surface area (Å²) < 4.78 is 16.5. The molecular weight excluding hydrogens is 406 g/mol. The van der Waals surface area contributed by atoms with Gasteiger partial charge in [0.05, 0.1) is 0 Å². The van der Waals surface area contributed by atoms with E-state index in [4.69, 9.17) is 14.2 Å². The molecule has 1 amide bonds. The fraction of sp³-hybridized carbons (Fsp3) is 0.231. The van der Waals surface area contributed by atoms with Crippen LogP contribution in [0.5, 0.6) is 11.5 Å². The van der Waals surface area contributed by atoms with Crippen LogP contribution in [0.1, 0.15) is 29.8 Å². The number of hydrogen-bond donors (Lipinski definition) is 0. The van der Waals surface area contributed by atoms with E-state index in [-0.39, 0.29) is 12.7 Å². The zero-order valence-electron chi connectivity index (χ0n) is 17.9. The van der Waals surface area contributed by atoms with Gasteiger partial charge in [0, 0.05) is 12.0 Å². The lowest BCUT2D eigenvalue weighted by molar-refractivity contribution is -0.148. The third kappa shape index (κ3) is 3.47. The summed E-state index contributed by atoms with van der Waals surface area (Å²) in [6, 6.07) is 22.0. The van der Waals surface area contributed by atoms with E-state index in [0.717, 1.165) is 16.7 Å². The molecule has 6 nitrogen and oxygen atoms in total. The Labute approximate surface area is 186 Å². The van der Waals surface area contributed by atoms with Crippen molar-refractivity contribution in [2.24, 2.45) is 0 Å². The molecule has 2 aliphatic heterocycles. The number of nitrogens with zero attached hydrogens (tertiary/aromatic N) is 1. The van der Waals surface area contributed by atoms with Crippen molar-refractivity contribution in [1.82, 2.24) is 4.90 Å². The second-order valence-electron chi connectivity index (χ2n) is 8.36. The maximum absolute atomic E-state index is 13.8. The average molecular weight is 429 g/mol. The van der Waals surface area contributed by atoms with Gasteiger partial charge in [-0.15, -0.1) is 0 Å². The van der Waals surface area contributed by atoms with E-state index >= 15 is 0 Å². The molecule has 1 atom stereocenters. The molecule has 2 heterocycles. The maximum atomic E-state index is 13.8. The van der Waals surface area contributed by atoms with Gasteiger partial charge in [-0.05, 0) is 48.7 Å². The van der Waals surface area contributed by atoms with E-state index in [1.165, 1.54) is 0 Å². The van der Waals surface area contributed by atoms with Crippen molar-refractivity contribution in [3.8, 4) is 22.6 Å². The second kappa shape index (κ2) is 7.71. The molecule has 1 fully saturated rings. The predicted molar refractivity (Wildman–Crippen MR) is 118 cm³/mol. The number of carbonyl (C=O) groups is 2. The standard InChI is InChI=1S/C26H23NO5/c1-26(2)27(24(28)20-11-7-6-10-19(20)18-8-4-3-5-9-18)21(25(29)32-26)14-17-12-13-22-23(15-17)31-16-30-22/h3-13,15,21H,14,16H2,1-2H3/t21-/m0/s1. The Kier molecular flexibility index (Phi) is 4.85. The lowest BCUT2D eigenvalue weighted by Crippen LogP contribution is -2.49. The Morgan fingerprint density at radius 2 is 1.69 bits per heavy atom. The van der Waals surface area contributed by atoms with Gasteiger partial charge in [-0.25, -0.2) is 4.79 Å². The largest absolute Gasteiger partial charge is 0.454 e. The first-order chi connectivity index (χ1) is 15.4. The Morgan fingerprint density at radius 1 is 0.969 bits per heavy atom. The van der Waals surface area contributed by atoms with Crippen LogP contribution in [0, 0.1) is 0 Å². The minimum absolute atomic E-state index is 0.179. The predicted octanol–water partition coefficient (Wildman–Crippen LogP) is 4.43. The van der Waals surface area contributed by atoms with Gasteiger partial charge in [0.1, 0.15) is 6.04 Å². The van der Waals surface area contributed by atoms with Gasteiger partial charge >= 0.3 is 5.97 Å². The van der Waals surface area contributed by atoms with Crippen LogP contribution in [0.2, 0.25) is 0 Å². The summed E-state index contributed by atoms with van der Waals surface area (Å²) >= 11 is 0. The monoisotopic (exact) mass is 429 g/mol. The highest BCUT2D eigenvalue weighted by atomic mass is 16.7. The van der Waals surface area contributed by atoms with Crippen LogP contribution in [0.15, 0.2) is 72.8 Å². The van der Waals surface area contributed by atoms with Gasteiger partial charge in [-0.2, -0.15) is 0 Å². The first-order valence-electron chi connectivity index (χ1n) is 10.5. The zero-order chi connectivity index (χ0) is 22.3. The minimum Gasteiger partial charge on any atom is -0.454 e. The quantitative estimate of drug-likeness (QED) is 0.574. The highest BCUT2D eigenvalue weighted by molar-refractivity contribution is 6.03. The number of benzene rings is 3. The molecule has 2 aliphatic rings. The molecule has 0 unspecified atom stereocenters. The summed E-state index contributed by atoms with van der Waals surface area (Å²) in [6.45, 7) is 3.67. The van der Waals surface area contributed by atoms with Gasteiger partial charge in [-0.3, -0.25) is 9.69 Å². The van der Waals surface area contributed by atoms with E-state index < -0.39 is 17.7 Å². The van der Waals surface area contributed by atoms with Crippen molar-refractivity contribution < 1.29 is 23.8 Å². The van der Waals surface area contributed by atoms with Crippen LogP contribution < -0.4 is 9.47 Å². The summed E-state index contributed by atoms with van der Waals surface area (Å²) in [5.41, 5.74) is 2.07. The number of amides is 1. The van der Waals surface area contributed by atoms with Crippen LogP contribution in [0.4, 0.5) is 0 Å². The van der Waals surface area contributed by atoms with Crippen LogP contribution >= 0.6 is 0 Å². The van der Waals surface area contributed by atoms with Gasteiger partial charge in [0.15, 0.2) is 17.2 Å². The van der Waals surface area contributed by atoms with E-state index in [0.29, 0.717) is 23.5 Å². The normalized spacial score (nSPS) is 18.5. The molecule has 0 spiro atoms. The molecule has 0 aliphatic carbocycles. The molecule has 6 heteroatoms. The van der Waals surface area contributed by atoms with E-state index in [9.17, 15) is 9.59 Å². The summed E-state index contributed by atoms with van der Waals surface area (Å²) in [5, 5.41) is 0. The summed E-state index contributed by atoms with van der Waals surface area (Å²) in [5.74, 6) is 0.650. The molecule has 0 N–H and O–H groups in total. The molecule has 5 rings (SSSR count). The topological polar surface area (TPSA) is 65.1 Å². The van der Waals surface area contributed by atoms with Crippen molar-refractivity contribution in [1.29, 1.82) is 0 Å². The van der Waals surface area contributed by atoms with Crippen molar-refractivity contribution in [3.63, 3.8) is 0 Å². The SMILES string of the molecule is CC1(C)OC(=O)[C@H](Cc2ccc3c(c2)OCO3)N1C(=O)c1ccccc1-c1ccccc1. The van der Waals surface area contributed by atoms with Gasteiger partial charge in [0.25, 0.3) is 5.91 Å². The molecule has 0 saturated carbocycles.